The predicted octanol–water partition coefficient (Wildman–Crippen LogP) is 7.89. The van der Waals surface area contributed by atoms with Crippen LogP contribution in [0.2, 0.25) is 0 Å². The summed E-state index contributed by atoms with van der Waals surface area (Å²) in [6, 6.07) is 0. The Morgan fingerprint density at radius 2 is 0.682 bits per heavy atom. The van der Waals surface area contributed by atoms with Gasteiger partial charge in [0.1, 0.15) is 0 Å². The highest BCUT2D eigenvalue weighted by Gasteiger charge is 2.07. The van der Waals surface area contributed by atoms with Gasteiger partial charge in [-0.15, -0.1) is 0 Å². The highest BCUT2D eigenvalue weighted by molar-refractivity contribution is 5.31. The van der Waals surface area contributed by atoms with Crippen LogP contribution in [0.3, 0.4) is 0 Å². The van der Waals surface area contributed by atoms with E-state index in [0.717, 1.165) is 0 Å². The van der Waals surface area contributed by atoms with E-state index in [9.17, 15) is 0 Å². The van der Waals surface area contributed by atoms with Crippen molar-refractivity contribution in [2.24, 2.45) is 0 Å². The predicted molar refractivity (Wildman–Crippen MR) is 99.3 cm³/mol. The van der Waals surface area contributed by atoms with Crippen LogP contribution in [0.4, 0.5) is 0 Å². The van der Waals surface area contributed by atoms with Crippen molar-refractivity contribution in [2.75, 3.05) is 0 Å². The van der Waals surface area contributed by atoms with Crippen LogP contribution >= 0.6 is 0 Å². The lowest BCUT2D eigenvalue weighted by Crippen LogP contribution is -1.93. The molecule has 0 aromatic heterocycles. The maximum Gasteiger partial charge on any atom is -0.0279 e. The summed E-state index contributed by atoms with van der Waals surface area (Å²) < 4.78 is 0. The molecule has 0 spiro atoms. The standard InChI is InChI=1S/C22H38/c1-2-6-10-14-18-21(17-13-9-5-1)22-19-15-11-7-3-4-8-12-16-20-22/h17,19H,1-16,18,20H2. The first-order valence-corrected chi connectivity index (χ1v) is 10.4. The molecular weight excluding hydrogens is 264 g/mol. The Morgan fingerprint density at radius 1 is 0.364 bits per heavy atom. The molecule has 0 nitrogen and oxygen atoms in total. The molecule has 22 heavy (non-hydrogen) atoms. The molecule has 0 heterocycles. The monoisotopic (exact) mass is 302 g/mol. The molecule has 0 unspecified atom stereocenters. The number of hydrogen-bond donors (Lipinski definition) is 0. The molecule has 0 radical (unpaired) electrons. The fourth-order valence-electron chi connectivity index (χ4n) is 4.03. The summed E-state index contributed by atoms with van der Waals surface area (Å²) in [6.45, 7) is 0. The Hall–Kier alpha value is -0.520. The quantitative estimate of drug-likeness (QED) is 0.462. The third kappa shape index (κ3) is 7.65. The van der Waals surface area contributed by atoms with Gasteiger partial charge < -0.3 is 0 Å². The molecule has 0 amide bonds. The van der Waals surface area contributed by atoms with Crippen molar-refractivity contribution in [2.45, 2.75) is 116 Å². The van der Waals surface area contributed by atoms with Gasteiger partial charge in [-0.25, -0.2) is 0 Å². The van der Waals surface area contributed by atoms with Crippen LogP contribution in [0.1, 0.15) is 116 Å². The largest absolute Gasteiger partial charge is 0.0811 e. The molecule has 0 fully saturated rings. The van der Waals surface area contributed by atoms with Gasteiger partial charge in [0, 0.05) is 0 Å². The Morgan fingerprint density at radius 3 is 1.09 bits per heavy atom. The van der Waals surface area contributed by atoms with E-state index in [4.69, 9.17) is 0 Å². The van der Waals surface area contributed by atoms with Crippen LogP contribution in [-0.4, -0.2) is 0 Å². The van der Waals surface area contributed by atoms with Gasteiger partial charge in [0.05, 0.1) is 0 Å². The second-order valence-electron chi connectivity index (χ2n) is 7.49. The van der Waals surface area contributed by atoms with Crippen molar-refractivity contribution >= 4 is 0 Å². The first-order valence-electron chi connectivity index (χ1n) is 10.4. The SMILES string of the molecule is C1=C(C2=CCCCCCCCCC2)CCCCCCCCC1. The summed E-state index contributed by atoms with van der Waals surface area (Å²) in [7, 11) is 0. The zero-order valence-corrected chi connectivity index (χ0v) is 14.9. The van der Waals surface area contributed by atoms with Crippen molar-refractivity contribution in [1.29, 1.82) is 0 Å². The van der Waals surface area contributed by atoms with E-state index in [1.54, 1.807) is 11.1 Å². The van der Waals surface area contributed by atoms with Gasteiger partial charge in [-0.05, 0) is 62.5 Å². The maximum absolute atomic E-state index is 2.62. The molecule has 2 rings (SSSR count). The minimum absolute atomic E-state index is 1.33. The van der Waals surface area contributed by atoms with Crippen molar-refractivity contribution in [3.63, 3.8) is 0 Å². The van der Waals surface area contributed by atoms with Crippen LogP contribution < -0.4 is 0 Å². The van der Waals surface area contributed by atoms with E-state index >= 15 is 0 Å². The van der Waals surface area contributed by atoms with Crippen molar-refractivity contribution in [3.05, 3.63) is 23.3 Å². The Bertz CT molecular complexity index is 300. The van der Waals surface area contributed by atoms with Crippen LogP contribution in [0, 0.1) is 0 Å². The maximum atomic E-state index is 2.62. The molecule has 0 heteroatoms. The molecule has 126 valence electrons. The van der Waals surface area contributed by atoms with Gasteiger partial charge in [0.2, 0.25) is 0 Å². The molecule has 0 atom stereocenters. The number of hydrogen-bond acceptors (Lipinski definition) is 0. The topological polar surface area (TPSA) is 0 Å². The van der Waals surface area contributed by atoms with E-state index in [-0.39, 0.29) is 0 Å². The lowest BCUT2D eigenvalue weighted by molar-refractivity contribution is 0.584. The fourth-order valence-corrected chi connectivity index (χ4v) is 4.03. The second kappa shape index (κ2) is 12.0. The minimum Gasteiger partial charge on any atom is -0.0811 e. The van der Waals surface area contributed by atoms with Gasteiger partial charge in [-0.3, -0.25) is 0 Å². The van der Waals surface area contributed by atoms with E-state index in [1.807, 2.05) is 0 Å². The van der Waals surface area contributed by atoms with Gasteiger partial charge in [0.25, 0.3) is 0 Å². The van der Waals surface area contributed by atoms with Crippen LogP contribution in [-0.2, 0) is 0 Å². The summed E-state index contributed by atoms with van der Waals surface area (Å²) >= 11 is 0. The molecule has 0 aromatic carbocycles. The zero-order valence-electron chi connectivity index (χ0n) is 14.9. The molecule has 0 aromatic rings. The first-order chi connectivity index (χ1) is 11.0. The molecule has 0 aliphatic heterocycles. The average molecular weight is 303 g/mol. The highest BCUT2D eigenvalue weighted by atomic mass is 14.1. The summed E-state index contributed by atoms with van der Waals surface area (Å²) in [6.07, 6.45) is 30.9. The molecule has 2 aliphatic rings. The Kier molecular flexibility index (Phi) is 9.70. The number of allylic oxidation sites excluding steroid dienone is 4. The average Bonchev–Trinajstić information content (AvgIpc) is 2.64. The van der Waals surface area contributed by atoms with Gasteiger partial charge in [-0.2, -0.15) is 0 Å². The van der Waals surface area contributed by atoms with Crippen LogP contribution in [0.5, 0.6) is 0 Å². The normalized spacial score (nSPS) is 24.4. The lowest BCUT2D eigenvalue weighted by atomic mass is 9.93. The van der Waals surface area contributed by atoms with Crippen LogP contribution in [0.15, 0.2) is 23.3 Å². The minimum atomic E-state index is 1.33. The van der Waals surface area contributed by atoms with Gasteiger partial charge in [0.15, 0.2) is 0 Å². The fraction of sp³-hybridized carbons (Fsp3) is 0.818. The van der Waals surface area contributed by atoms with Crippen molar-refractivity contribution < 1.29 is 0 Å². The third-order valence-corrected chi connectivity index (χ3v) is 5.49. The highest BCUT2D eigenvalue weighted by Crippen LogP contribution is 2.27. The number of rotatable bonds is 1. The molecule has 0 N–H and O–H groups in total. The van der Waals surface area contributed by atoms with E-state index in [0.29, 0.717) is 0 Å². The van der Waals surface area contributed by atoms with Crippen molar-refractivity contribution in [3.8, 4) is 0 Å². The summed E-state index contributed by atoms with van der Waals surface area (Å²) in [5.74, 6) is 0. The van der Waals surface area contributed by atoms with Crippen LogP contribution in [0.25, 0.3) is 0 Å². The van der Waals surface area contributed by atoms with E-state index < -0.39 is 0 Å². The second-order valence-corrected chi connectivity index (χ2v) is 7.49. The smallest absolute Gasteiger partial charge is 0.0279 e. The Balaban J connectivity index is 1.97. The first kappa shape index (κ1) is 17.8. The summed E-state index contributed by atoms with van der Waals surface area (Å²) in [5, 5.41) is 0. The molecule has 0 saturated heterocycles. The van der Waals surface area contributed by atoms with E-state index in [2.05, 4.69) is 12.2 Å². The van der Waals surface area contributed by atoms with E-state index in [1.165, 1.54) is 116 Å². The van der Waals surface area contributed by atoms with Gasteiger partial charge in [-0.1, -0.05) is 76.4 Å². The zero-order chi connectivity index (χ0) is 15.3. The lowest BCUT2D eigenvalue weighted by Gasteiger charge is -2.13. The van der Waals surface area contributed by atoms with Gasteiger partial charge >= 0.3 is 0 Å². The summed E-state index contributed by atoms with van der Waals surface area (Å²) in [4.78, 5) is 0. The summed E-state index contributed by atoms with van der Waals surface area (Å²) in [5.41, 5.74) is 3.47. The molecule has 2 aliphatic carbocycles. The molecular formula is C22H38. The molecule has 0 bridgehead atoms. The molecule has 0 saturated carbocycles. The Labute approximate surface area is 139 Å². The third-order valence-electron chi connectivity index (χ3n) is 5.49. The van der Waals surface area contributed by atoms with Crippen molar-refractivity contribution in [1.82, 2.24) is 0 Å².